The summed E-state index contributed by atoms with van der Waals surface area (Å²) < 4.78 is 7.68. The average molecular weight is 608 g/mol. The Labute approximate surface area is 257 Å². The molecule has 3 aromatic rings. The highest BCUT2D eigenvalue weighted by Gasteiger charge is 2.44. The molecule has 0 spiro atoms. The summed E-state index contributed by atoms with van der Waals surface area (Å²) in [5.41, 5.74) is 3.78. The minimum Gasteiger partial charge on any atom is -0.392 e. The number of aromatic nitrogens is 1. The second-order valence-electron chi connectivity index (χ2n) is 12.3. The zero-order chi connectivity index (χ0) is 30.0. The number of halogens is 1. The molecular formula is C33H42ClN5O4. The smallest absolute Gasteiger partial charge is 0.224 e. The minimum absolute atomic E-state index is 0.00611. The minimum atomic E-state index is -0.613. The van der Waals surface area contributed by atoms with Gasteiger partial charge in [-0.1, -0.05) is 29.8 Å². The van der Waals surface area contributed by atoms with Gasteiger partial charge in [0.2, 0.25) is 5.91 Å². The highest BCUT2D eigenvalue weighted by atomic mass is 35.5. The summed E-state index contributed by atoms with van der Waals surface area (Å²) in [7, 11) is 0. The van der Waals surface area contributed by atoms with Gasteiger partial charge in [0.1, 0.15) is 0 Å². The average Bonchev–Trinajstić information content (AvgIpc) is 3.34. The number of carbonyl (C=O) groups excluding carboxylic acids is 1. The van der Waals surface area contributed by atoms with E-state index in [-0.39, 0.29) is 17.8 Å². The van der Waals surface area contributed by atoms with Crippen molar-refractivity contribution in [2.24, 2.45) is 0 Å². The molecule has 4 heterocycles. The highest BCUT2D eigenvalue weighted by molar-refractivity contribution is 6.30. The fourth-order valence-electron chi connectivity index (χ4n) is 6.90. The van der Waals surface area contributed by atoms with Gasteiger partial charge >= 0.3 is 0 Å². The largest absolute Gasteiger partial charge is 0.392 e. The Balaban J connectivity index is 1.33. The first-order valence-electron chi connectivity index (χ1n) is 15.4. The fourth-order valence-corrected chi connectivity index (χ4v) is 7.03. The van der Waals surface area contributed by atoms with Crippen molar-refractivity contribution < 1.29 is 14.6 Å². The molecule has 230 valence electrons. The van der Waals surface area contributed by atoms with Crippen LogP contribution in [0.3, 0.4) is 0 Å². The Bertz CT molecular complexity index is 1510. The number of nitrogens with zero attached hydrogens (tertiary/aromatic N) is 3. The van der Waals surface area contributed by atoms with E-state index >= 15 is 0 Å². The molecular weight excluding hydrogens is 566 g/mol. The van der Waals surface area contributed by atoms with Gasteiger partial charge in [0.05, 0.1) is 31.3 Å². The van der Waals surface area contributed by atoms with Crippen molar-refractivity contribution in [3.8, 4) is 0 Å². The van der Waals surface area contributed by atoms with E-state index in [9.17, 15) is 14.7 Å². The molecule has 0 radical (unpaired) electrons. The molecule has 3 N–H and O–H groups in total. The third-order valence-corrected chi connectivity index (χ3v) is 9.69. The van der Waals surface area contributed by atoms with E-state index in [1.54, 1.807) is 12.1 Å². The molecule has 2 atom stereocenters. The highest BCUT2D eigenvalue weighted by Crippen LogP contribution is 2.44. The zero-order valence-corrected chi connectivity index (χ0v) is 25.7. The molecule has 43 heavy (non-hydrogen) atoms. The van der Waals surface area contributed by atoms with Crippen LogP contribution in [0, 0.1) is 0 Å². The zero-order valence-electron chi connectivity index (χ0n) is 24.9. The number of morpholine rings is 1. The van der Waals surface area contributed by atoms with Crippen molar-refractivity contribution in [1.29, 1.82) is 0 Å². The van der Waals surface area contributed by atoms with Gasteiger partial charge in [0, 0.05) is 86.5 Å². The Kier molecular flexibility index (Phi) is 9.19. The number of ether oxygens (including phenoxy) is 1. The summed E-state index contributed by atoms with van der Waals surface area (Å²) in [6, 6.07) is 11.6. The SMILES string of the molecule is C[C@H](O)[C@]1(CCN2CCNCC2)Cn2cc(CC(=O)NCc3ccc(Cl)cc3)c(=O)c3cc(CN4CCOCC4)cc1c32. The lowest BCUT2D eigenvalue weighted by molar-refractivity contribution is -0.120. The molecule has 10 heteroatoms. The number of carbonyl (C=O) groups is 1. The Morgan fingerprint density at radius 2 is 1.84 bits per heavy atom. The maximum absolute atomic E-state index is 14.0. The van der Waals surface area contributed by atoms with Crippen molar-refractivity contribution in [1.82, 2.24) is 25.0 Å². The van der Waals surface area contributed by atoms with Gasteiger partial charge in [0.15, 0.2) is 5.43 Å². The molecule has 0 unspecified atom stereocenters. The number of hydrogen-bond acceptors (Lipinski definition) is 7. The molecule has 0 aliphatic carbocycles. The lowest BCUT2D eigenvalue weighted by Gasteiger charge is -2.37. The molecule has 1 aromatic heterocycles. The van der Waals surface area contributed by atoms with Gasteiger partial charge in [-0.3, -0.25) is 14.5 Å². The van der Waals surface area contributed by atoms with Gasteiger partial charge in [-0.05, 0) is 54.8 Å². The van der Waals surface area contributed by atoms with Crippen LogP contribution >= 0.6 is 11.6 Å². The topological polar surface area (TPSA) is 99.1 Å². The van der Waals surface area contributed by atoms with Crippen molar-refractivity contribution in [3.05, 3.63) is 80.1 Å². The van der Waals surface area contributed by atoms with Crippen LogP contribution in [0.15, 0.2) is 47.4 Å². The predicted octanol–water partition coefficient (Wildman–Crippen LogP) is 2.27. The number of benzene rings is 2. The number of aliphatic hydroxyl groups is 1. The summed E-state index contributed by atoms with van der Waals surface area (Å²) in [5, 5.41) is 19.1. The number of aliphatic hydroxyl groups excluding tert-OH is 1. The maximum atomic E-state index is 14.0. The van der Waals surface area contributed by atoms with Crippen LogP contribution in [0.4, 0.5) is 0 Å². The lowest BCUT2D eigenvalue weighted by atomic mass is 9.74. The molecule has 3 aliphatic rings. The summed E-state index contributed by atoms with van der Waals surface area (Å²) in [6.07, 6.45) is 2.02. The fraction of sp³-hybridized carbons (Fsp3) is 0.515. The molecule has 9 nitrogen and oxygen atoms in total. The van der Waals surface area contributed by atoms with Crippen molar-refractivity contribution in [2.75, 3.05) is 59.0 Å². The normalized spacial score (nSPS) is 21.7. The second kappa shape index (κ2) is 13.1. The molecule has 2 fully saturated rings. The summed E-state index contributed by atoms with van der Waals surface area (Å²) in [6.45, 7) is 11.4. The van der Waals surface area contributed by atoms with Gasteiger partial charge in [0.25, 0.3) is 0 Å². The Hall–Kier alpha value is -2.79. The van der Waals surface area contributed by atoms with E-state index in [0.717, 1.165) is 74.4 Å². The first kappa shape index (κ1) is 30.2. The molecule has 0 saturated carbocycles. The molecule has 3 aliphatic heterocycles. The number of pyridine rings is 1. The van der Waals surface area contributed by atoms with Crippen molar-refractivity contribution >= 4 is 28.4 Å². The number of amides is 1. The lowest BCUT2D eigenvalue weighted by Crippen LogP contribution is -2.47. The van der Waals surface area contributed by atoms with Crippen LogP contribution in [-0.2, 0) is 41.0 Å². The van der Waals surface area contributed by atoms with E-state index in [4.69, 9.17) is 16.3 Å². The number of hydrogen-bond donors (Lipinski definition) is 3. The van der Waals surface area contributed by atoms with E-state index < -0.39 is 11.5 Å². The van der Waals surface area contributed by atoms with Gasteiger partial charge < -0.3 is 29.9 Å². The van der Waals surface area contributed by atoms with Gasteiger partial charge in [-0.2, -0.15) is 0 Å². The van der Waals surface area contributed by atoms with Crippen LogP contribution in [0.1, 0.15) is 35.6 Å². The monoisotopic (exact) mass is 607 g/mol. The standard InChI is InChI=1S/C33H42ClN5O4/c1-23(40)33(6-9-37-10-7-35-8-11-37)22-39-21-26(18-30(41)36-19-24-2-4-27(34)5-3-24)32(42)28-16-25(17-29(33)31(28)39)20-38-12-14-43-15-13-38/h2-5,16-17,21,23,35,40H,6-15,18-20,22H2,1H3,(H,36,41)/t23-,33-/m0/s1. The number of nitrogens with one attached hydrogen (secondary N) is 2. The van der Waals surface area contributed by atoms with Gasteiger partial charge in [-0.25, -0.2) is 0 Å². The van der Waals surface area contributed by atoms with E-state index in [1.165, 1.54) is 0 Å². The Morgan fingerprint density at radius 1 is 1.09 bits per heavy atom. The molecule has 6 rings (SSSR count). The molecule has 2 saturated heterocycles. The first-order chi connectivity index (χ1) is 20.8. The van der Waals surface area contributed by atoms with Crippen LogP contribution in [0.2, 0.25) is 5.02 Å². The summed E-state index contributed by atoms with van der Waals surface area (Å²) >= 11 is 5.99. The van der Waals surface area contributed by atoms with E-state index in [2.05, 4.69) is 31.1 Å². The molecule has 2 aromatic carbocycles. The number of rotatable bonds is 10. The third kappa shape index (κ3) is 6.53. The van der Waals surface area contributed by atoms with Gasteiger partial charge in [-0.15, -0.1) is 0 Å². The summed E-state index contributed by atoms with van der Waals surface area (Å²) in [5.74, 6) is -0.206. The molecule has 0 bridgehead atoms. The molecule has 1 amide bonds. The predicted molar refractivity (Wildman–Crippen MR) is 169 cm³/mol. The summed E-state index contributed by atoms with van der Waals surface area (Å²) in [4.78, 5) is 31.9. The van der Waals surface area contributed by atoms with E-state index in [0.29, 0.717) is 48.8 Å². The van der Waals surface area contributed by atoms with Crippen LogP contribution in [-0.4, -0.2) is 90.5 Å². The van der Waals surface area contributed by atoms with Crippen molar-refractivity contribution in [2.45, 2.75) is 50.9 Å². The van der Waals surface area contributed by atoms with Crippen molar-refractivity contribution in [3.63, 3.8) is 0 Å². The number of piperazine rings is 1. The third-order valence-electron chi connectivity index (χ3n) is 9.44. The van der Waals surface area contributed by atoms with Crippen LogP contribution in [0.25, 0.3) is 10.9 Å². The second-order valence-corrected chi connectivity index (χ2v) is 12.7. The van der Waals surface area contributed by atoms with Crippen LogP contribution in [0.5, 0.6) is 0 Å². The quantitative estimate of drug-likeness (QED) is 0.325. The first-order valence-corrected chi connectivity index (χ1v) is 15.8. The van der Waals surface area contributed by atoms with Crippen LogP contribution < -0.4 is 16.1 Å². The maximum Gasteiger partial charge on any atom is 0.224 e. The Morgan fingerprint density at radius 3 is 2.56 bits per heavy atom. The van der Waals surface area contributed by atoms with E-state index in [1.807, 2.05) is 31.3 Å².